The smallest absolute Gasteiger partial charge is 0.288 e. The van der Waals surface area contributed by atoms with Crippen LogP contribution in [0.15, 0.2) is 72.2 Å². The van der Waals surface area contributed by atoms with Gasteiger partial charge in [0.1, 0.15) is 42.3 Å². The Hall–Kier alpha value is -9.79. The lowest BCUT2D eigenvalue weighted by Gasteiger charge is -2.44. The molecule has 2 aromatic carbocycles. The van der Waals surface area contributed by atoms with Gasteiger partial charge in [-0.1, -0.05) is 126 Å². The van der Waals surface area contributed by atoms with E-state index < -0.39 is 163 Å². The number of carbonyl (C=O) groups excluding carboxylic acids is 12. The van der Waals surface area contributed by atoms with E-state index in [9.17, 15) is 62.6 Å². The van der Waals surface area contributed by atoms with Gasteiger partial charge in [0.2, 0.25) is 70.9 Å². The number of aromatic nitrogens is 3. The van der Waals surface area contributed by atoms with Gasteiger partial charge < -0.3 is 94.9 Å². The highest BCUT2D eigenvalue weighted by Gasteiger charge is 2.56. The predicted molar refractivity (Wildman–Crippen MR) is 408 cm³/mol. The lowest BCUT2D eigenvalue weighted by molar-refractivity contribution is -0.135. The summed E-state index contributed by atoms with van der Waals surface area (Å²) >= 11 is 0. The van der Waals surface area contributed by atoms with Crippen LogP contribution in [0.25, 0.3) is 10.9 Å². The van der Waals surface area contributed by atoms with Gasteiger partial charge in [-0.3, -0.25) is 62.5 Å². The van der Waals surface area contributed by atoms with Crippen LogP contribution in [-0.2, 0) is 83.8 Å². The molecule has 4 aromatic rings. The van der Waals surface area contributed by atoms with Gasteiger partial charge in [-0.05, 0) is 102 Å². The highest BCUT2D eigenvalue weighted by Crippen LogP contribution is 2.51. The number of nitrogens with zero attached hydrogens (tertiary/aromatic N) is 3. The highest BCUT2D eigenvalue weighted by molar-refractivity contribution is 6.90. The molecule has 0 saturated carbocycles. The molecule has 0 aliphatic rings. The van der Waals surface area contributed by atoms with Crippen molar-refractivity contribution in [3.63, 3.8) is 0 Å². The van der Waals surface area contributed by atoms with E-state index in [0.29, 0.717) is 39.3 Å². The third-order valence-electron chi connectivity index (χ3n) is 18.3. The molecule has 0 unspecified atom stereocenters. The maximum absolute atomic E-state index is 17.0. The minimum Gasteiger partial charge on any atom is -0.390 e. The number of H-pyrrole nitrogens is 1. The molecular formula is C74H117FN18O13Si. The normalized spacial score (nSPS) is 14.3. The van der Waals surface area contributed by atoms with Crippen molar-refractivity contribution in [2.45, 2.75) is 238 Å². The van der Waals surface area contributed by atoms with Crippen LogP contribution < -0.4 is 81.3 Å². The zero-order valence-electron chi connectivity index (χ0n) is 64.5. The Balaban J connectivity index is 1.42. The van der Waals surface area contributed by atoms with Gasteiger partial charge in [0, 0.05) is 74.8 Å². The second-order valence-corrected chi connectivity index (χ2v) is 35.7. The van der Waals surface area contributed by atoms with Crippen LogP contribution in [0.3, 0.4) is 0 Å². The average molecular weight is 1510 g/mol. The van der Waals surface area contributed by atoms with E-state index in [-0.39, 0.29) is 102 Å². The van der Waals surface area contributed by atoms with Crippen LogP contribution in [0.2, 0.25) is 10.1 Å². The monoisotopic (exact) mass is 1510 g/mol. The SMILES string of the molecule is CC(C)C[C@H](NC(=O)C[C@H](O)[C@H](CC(C)C)NC(=O)[C@H](Cc1cncn1C)NC(=O)CNC(=O)[C@@H](NC(=O)[C@H](C)NC(=O)[C@H](Cc1c[nH]c2ccccc12)NC(=O)[C@H](CCC(N)=O)NC(=O)CCCCNC(=O)[C@H](CCCN=C(N)N)NC(=O)Cc1ccc([Si]([18F])(C(C)(C)C)C(C)(C)C)cc1)C(C)C)C(N)=O. The molecule has 0 radical (unpaired) electrons. The third-order valence-corrected chi connectivity index (χ3v) is 23.5. The summed E-state index contributed by atoms with van der Waals surface area (Å²) in [6, 6.07) is 4.39. The highest BCUT2D eigenvalue weighted by atomic mass is 28.4. The number of benzene rings is 2. The molecule has 0 aliphatic carbocycles. The molecule has 33 heteroatoms. The first-order valence-corrected chi connectivity index (χ1v) is 38.4. The lowest BCUT2D eigenvalue weighted by atomic mass is 9.96. The van der Waals surface area contributed by atoms with Gasteiger partial charge in [-0.15, -0.1) is 0 Å². The van der Waals surface area contributed by atoms with Crippen molar-refractivity contribution in [2.75, 3.05) is 19.6 Å². The second-order valence-electron chi connectivity index (χ2n) is 30.8. The van der Waals surface area contributed by atoms with Gasteiger partial charge in [0.25, 0.3) is 8.41 Å². The maximum Gasteiger partial charge on any atom is 0.288 e. The molecule has 592 valence electrons. The van der Waals surface area contributed by atoms with Crippen molar-refractivity contribution < 1.29 is 66.7 Å². The molecule has 0 aliphatic heterocycles. The van der Waals surface area contributed by atoms with Gasteiger partial charge in [0.15, 0.2) is 5.96 Å². The van der Waals surface area contributed by atoms with Crippen molar-refractivity contribution in [2.24, 2.45) is 52.7 Å². The number of hydrogen-bond acceptors (Lipinski definition) is 15. The Bertz CT molecular complexity index is 3700. The molecule has 9 atom stereocenters. The number of imidazole rings is 1. The van der Waals surface area contributed by atoms with E-state index in [4.69, 9.17) is 22.9 Å². The first-order valence-electron chi connectivity index (χ1n) is 36.5. The van der Waals surface area contributed by atoms with Crippen molar-refractivity contribution in [1.29, 1.82) is 0 Å². The number of aromatic amines is 1. The molecule has 2 heterocycles. The van der Waals surface area contributed by atoms with Crippen LogP contribution in [0.5, 0.6) is 0 Å². The number of aliphatic hydroxyl groups is 1. The molecular weight excluding hydrogens is 1400 g/mol. The average Bonchev–Trinajstić information content (AvgIpc) is 1.54. The number of primary amides is 2. The van der Waals surface area contributed by atoms with Gasteiger partial charge >= 0.3 is 0 Å². The van der Waals surface area contributed by atoms with Crippen LogP contribution in [0, 0.1) is 17.8 Å². The summed E-state index contributed by atoms with van der Waals surface area (Å²) in [5.41, 5.74) is 24.5. The standard InChI is InChI=1S/C74H117FN18O13Si/c1-42(2)32-54(58(94)37-62(98)88-55(65(77)100)33-43(3)4)90-70(105)57(36-48-39-80-41-93(48)14)89-63(99)40-84-71(106)64(44(5)6)92-66(101)45(7)85-69(104)56(35-47-38-83-51-21-16-15-20-50(47)51)91-68(103)53(28-29-59(76)95)86-60(96)23-17-18-30-81-67(102)52(22-19-31-82-72(78)79)87-61(97)34-46-24-26-49(27-25-46)107(75,73(8,9)10)74(11,12)13/h15-16,20-21,24-27,38-39,41-45,52-58,64,83,94H,17-19,22-23,28-37,40H2,1-14H3,(H2,76,95)(H2,77,100)(H,81,102)(H,84,106)(H,85,104)(H,86,96)(H,87,97)(H,88,98)(H,89,99)(H,90,105)(H,91,103)(H,92,101)(H4,78,79,82)/t45-,52-,53-,54-,55-,56-,57-,58-,64-/m0/s1/i75-1. The first-order chi connectivity index (χ1) is 50.0. The van der Waals surface area contributed by atoms with E-state index in [1.54, 1.807) is 80.2 Å². The van der Waals surface area contributed by atoms with E-state index in [2.05, 4.69) is 68.1 Å². The zero-order chi connectivity index (χ0) is 80.3. The summed E-state index contributed by atoms with van der Waals surface area (Å²) in [7, 11) is -1.87. The molecule has 0 bridgehead atoms. The molecule has 12 amide bonds. The quantitative estimate of drug-likeness (QED) is 0.00974. The van der Waals surface area contributed by atoms with Crippen molar-refractivity contribution >= 4 is 101 Å². The van der Waals surface area contributed by atoms with Crippen LogP contribution in [0.4, 0.5) is 4.11 Å². The Kier molecular flexibility index (Phi) is 35.1. The Labute approximate surface area is 627 Å². The first kappa shape index (κ1) is 89.6. The van der Waals surface area contributed by atoms with Gasteiger partial charge in [-0.2, -0.15) is 0 Å². The summed E-state index contributed by atoms with van der Waals surface area (Å²) in [6.45, 7) is 23.0. The number of amides is 12. The fraction of sp³-hybridized carbons (Fsp3) is 0.595. The third kappa shape index (κ3) is 29.1. The van der Waals surface area contributed by atoms with E-state index in [0.717, 1.165) is 0 Å². The van der Waals surface area contributed by atoms with Crippen LogP contribution in [0.1, 0.15) is 171 Å². The summed E-state index contributed by atoms with van der Waals surface area (Å²) in [4.78, 5) is 174. The predicted octanol–water partition coefficient (Wildman–Crippen LogP) is 1.26. The Morgan fingerprint density at radius 3 is 1.79 bits per heavy atom. The molecule has 31 nitrogen and oxygen atoms in total. The number of fused-ring (bicyclic) bond motifs is 1. The molecule has 0 spiro atoms. The number of para-hydroxylation sites is 1. The fourth-order valence-corrected chi connectivity index (χ4v) is 17.3. The number of aliphatic hydroxyl groups excluding tert-OH is 1. The van der Waals surface area contributed by atoms with Crippen molar-refractivity contribution in [3.8, 4) is 0 Å². The Morgan fingerprint density at radius 1 is 0.607 bits per heavy atom. The molecule has 0 fully saturated rings. The number of nitrogens with one attached hydrogen (secondary N) is 11. The number of aryl methyl sites for hydroxylation is 1. The summed E-state index contributed by atoms with van der Waals surface area (Å²) < 4.78 is 18.6. The summed E-state index contributed by atoms with van der Waals surface area (Å²) in [5, 5.41) is 38.2. The summed E-state index contributed by atoms with van der Waals surface area (Å²) in [6.07, 6.45) is 3.11. The molecule has 107 heavy (non-hydrogen) atoms. The topological polar surface area (TPSA) is 495 Å². The van der Waals surface area contributed by atoms with Crippen LogP contribution in [-0.4, -0.2) is 179 Å². The number of hydrogen-bond donors (Lipinski definition) is 16. The second kappa shape index (κ2) is 41.9. The number of rotatable bonds is 44. The number of carbonyl (C=O) groups is 12. The van der Waals surface area contributed by atoms with Crippen molar-refractivity contribution in [1.82, 2.24) is 67.7 Å². The number of halogens is 1. The minimum atomic E-state index is -3.56. The molecule has 0 saturated heterocycles. The molecule has 20 N–H and O–H groups in total. The summed E-state index contributed by atoms with van der Waals surface area (Å²) in [5.74, 6) is -9.46. The number of guanidine groups is 1. The maximum atomic E-state index is 17.0. The van der Waals surface area contributed by atoms with Crippen molar-refractivity contribution in [3.05, 3.63) is 84.1 Å². The van der Waals surface area contributed by atoms with Crippen LogP contribution >= 0.6 is 0 Å². The molecule has 4 rings (SSSR count). The Morgan fingerprint density at radius 2 is 1.20 bits per heavy atom. The molecule has 2 aromatic heterocycles. The van der Waals surface area contributed by atoms with Gasteiger partial charge in [0.05, 0.1) is 37.9 Å². The number of aliphatic imine (C=N–C) groups is 1. The van der Waals surface area contributed by atoms with Gasteiger partial charge in [-0.25, -0.2) is 4.98 Å². The number of unbranched alkanes of at least 4 members (excludes halogenated alkanes) is 1. The van der Waals surface area contributed by atoms with E-state index in [1.807, 2.05) is 69.2 Å². The fourth-order valence-electron chi connectivity index (χ4n) is 12.7. The lowest BCUT2D eigenvalue weighted by Crippen LogP contribution is -2.59. The minimum absolute atomic E-state index is 0.0169. The largest absolute Gasteiger partial charge is 0.390 e. The van der Waals surface area contributed by atoms with E-state index in [1.165, 1.54) is 19.4 Å². The van der Waals surface area contributed by atoms with E-state index >= 15 is 4.11 Å². The number of nitrogens with two attached hydrogens (primary N) is 4. The zero-order valence-corrected chi connectivity index (χ0v) is 65.5.